The molecule has 0 fully saturated rings. The van der Waals surface area contributed by atoms with Crippen LogP contribution in [0.3, 0.4) is 0 Å². The fourth-order valence-corrected chi connectivity index (χ4v) is 2.40. The Morgan fingerprint density at radius 1 is 1.32 bits per heavy atom. The number of aliphatic hydroxyl groups excluding tert-OH is 1. The van der Waals surface area contributed by atoms with E-state index in [0.29, 0.717) is 5.76 Å². The van der Waals surface area contributed by atoms with Crippen molar-refractivity contribution in [3.05, 3.63) is 65.3 Å². The van der Waals surface area contributed by atoms with Gasteiger partial charge in [0.1, 0.15) is 22.7 Å². The van der Waals surface area contributed by atoms with Gasteiger partial charge in [-0.15, -0.1) is 0 Å². The average Bonchev–Trinajstić information content (AvgIpc) is 3.06. The molecule has 2 heterocycles. The monoisotopic (exact) mass is 316 g/mol. The van der Waals surface area contributed by atoms with Gasteiger partial charge in [-0.3, -0.25) is 4.79 Å². The zero-order chi connectivity index (χ0) is 15.5. The van der Waals surface area contributed by atoms with Crippen molar-refractivity contribution in [1.29, 1.82) is 0 Å². The average molecular weight is 317 g/mol. The van der Waals surface area contributed by atoms with E-state index in [2.05, 4.69) is 10.3 Å². The van der Waals surface area contributed by atoms with Crippen molar-refractivity contribution in [2.75, 3.05) is 6.54 Å². The maximum Gasteiger partial charge on any atom is 0.270 e. The molecule has 0 aliphatic heterocycles. The second kappa shape index (κ2) is 6.17. The van der Waals surface area contributed by atoms with Crippen molar-refractivity contribution in [2.45, 2.75) is 6.10 Å². The van der Waals surface area contributed by atoms with Crippen molar-refractivity contribution < 1.29 is 14.3 Å². The molecular formula is C16H13ClN2O3. The summed E-state index contributed by atoms with van der Waals surface area (Å²) in [7, 11) is 0. The van der Waals surface area contributed by atoms with Gasteiger partial charge in [0.25, 0.3) is 5.91 Å². The Balaban J connectivity index is 1.75. The molecule has 0 aliphatic rings. The summed E-state index contributed by atoms with van der Waals surface area (Å²) in [6.07, 6.45) is 0.556. The van der Waals surface area contributed by atoms with E-state index >= 15 is 0 Å². The van der Waals surface area contributed by atoms with E-state index < -0.39 is 12.0 Å². The minimum atomic E-state index is -0.908. The molecular weight excluding hydrogens is 304 g/mol. The lowest BCUT2D eigenvalue weighted by molar-refractivity contribution is 0.0896. The number of fused-ring (bicyclic) bond motifs is 1. The van der Waals surface area contributed by atoms with Crippen molar-refractivity contribution in [3.63, 3.8) is 0 Å². The van der Waals surface area contributed by atoms with Gasteiger partial charge in [-0.1, -0.05) is 35.9 Å². The highest BCUT2D eigenvalue weighted by Crippen LogP contribution is 2.22. The van der Waals surface area contributed by atoms with Crippen molar-refractivity contribution >= 4 is 28.3 Å². The van der Waals surface area contributed by atoms with E-state index in [1.165, 1.54) is 6.26 Å². The Kier molecular flexibility index (Phi) is 4.09. The number of nitrogens with zero attached hydrogens (tertiary/aromatic N) is 1. The number of hydrogen-bond acceptors (Lipinski definition) is 4. The summed E-state index contributed by atoms with van der Waals surface area (Å²) in [6.45, 7) is 0.0263. The number of aliphatic hydroxyl groups is 1. The van der Waals surface area contributed by atoms with E-state index in [9.17, 15) is 9.90 Å². The molecule has 1 amide bonds. The number of nitrogens with one attached hydrogen (secondary N) is 1. The number of furan rings is 1. The Bertz CT molecular complexity index is 802. The molecule has 22 heavy (non-hydrogen) atoms. The largest absolute Gasteiger partial charge is 0.467 e. The third-order valence-electron chi connectivity index (χ3n) is 3.25. The van der Waals surface area contributed by atoms with E-state index in [1.54, 1.807) is 18.2 Å². The van der Waals surface area contributed by atoms with Gasteiger partial charge in [-0.2, -0.15) is 0 Å². The molecule has 5 nitrogen and oxygen atoms in total. The van der Waals surface area contributed by atoms with Crippen molar-refractivity contribution in [2.24, 2.45) is 0 Å². The Hall–Kier alpha value is -2.37. The summed E-state index contributed by atoms with van der Waals surface area (Å²) in [5.74, 6) is -0.0111. The van der Waals surface area contributed by atoms with Gasteiger partial charge in [0.2, 0.25) is 0 Å². The van der Waals surface area contributed by atoms with Crippen LogP contribution in [0.4, 0.5) is 0 Å². The standard InChI is InChI=1S/C16H13ClN2O3/c17-15-11-5-2-1-4-10(11)8-12(19-15)16(21)18-9-13(20)14-6-3-7-22-14/h1-8,13,20H,9H2,(H,18,21). The molecule has 0 saturated carbocycles. The highest BCUT2D eigenvalue weighted by molar-refractivity contribution is 6.34. The highest BCUT2D eigenvalue weighted by Gasteiger charge is 2.15. The second-order valence-corrected chi connectivity index (χ2v) is 5.12. The zero-order valence-corrected chi connectivity index (χ0v) is 12.2. The summed E-state index contributed by atoms with van der Waals surface area (Å²) in [5.41, 5.74) is 0.204. The number of amides is 1. The number of rotatable bonds is 4. The fraction of sp³-hybridized carbons (Fsp3) is 0.125. The molecule has 2 N–H and O–H groups in total. The van der Waals surface area contributed by atoms with Crippen LogP contribution in [0.25, 0.3) is 10.8 Å². The van der Waals surface area contributed by atoms with Gasteiger partial charge in [-0.05, 0) is 23.6 Å². The molecule has 3 aromatic rings. The van der Waals surface area contributed by atoms with E-state index in [-0.39, 0.29) is 17.4 Å². The van der Waals surface area contributed by atoms with Crippen LogP contribution in [0.1, 0.15) is 22.4 Å². The molecule has 112 valence electrons. The Morgan fingerprint density at radius 3 is 2.91 bits per heavy atom. The van der Waals surface area contributed by atoms with Gasteiger partial charge >= 0.3 is 0 Å². The number of aromatic nitrogens is 1. The van der Waals surface area contributed by atoms with Crippen LogP contribution in [0.2, 0.25) is 5.15 Å². The number of carbonyl (C=O) groups excluding carboxylic acids is 1. The fourth-order valence-electron chi connectivity index (χ4n) is 2.13. The van der Waals surface area contributed by atoms with Crippen LogP contribution in [-0.4, -0.2) is 22.5 Å². The Morgan fingerprint density at radius 2 is 2.14 bits per heavy atom. The highest BCUT2D eigenvalue weighted by atomic mass is 35.5. The van der Waals surface area contributed by atoms with Crippen LogP contribution in [0.5, 0.6) is 0 Å². The van der Waals surface area contributed by atoms with Crippen LogP contribution in [0.15, 0.2) is 53.1 Å². The number of benzene rings is 1. The van der Waals surface area contributed by atoms with Crippen LogP contribution in [-0.2, 0) is 0 Å². The SMILES string of the molecule is O=C(NCC(O)c1ccco1)c1cc2ccccc2c(Cl)n1. The van der Waals surface area contributed by atoms with Gasteiger partial charge < -0.3 is 14.8 Å². The third kappa shape index (κ3) is 2.95. The molecule has 3 rings (SSSR count). The third-order valence-corrected chi connectivity index (χ3v) is 3.54. The molecule has 0 spiro atoms. The molecule has 0 radical (unpaired) electrons. The molecule has 0 saturated heterocycles. The molecule has 1 aromatic carbocycles. The maximum atomic E-state index is 12.1. The number of carbonyl (C=O) groups is 1. The minimum absolute atomic E-state index is 0.0263. The summed E-state index contributed by atoms with van der Waals surface area (Å²) >= 11 is 6.09. The summed E-state index contributed by atoms with van der Waals surface area (Å²) in [5, 5.41) is 14.4. The molecule has 0 bridgehead atoms. The molecule has 0 aliphatic carbocycles. The van der Waals surface area contributed by atoms with Gasteiger partial charge in [0.15, 0.2) is 0 Å². The smallest absolute Gasteiger partial charge is 0.270 e. The molecule has 1 atom stereocenters. The maximum absolute atomic E-state index is 12.1. The first kappa shape index (κ1) is 14.6. The summed E-state index contributed by atoms with van der Waals surface area (Å²) < 4.78 is 5.07. The summed E-state index contributed by atoms with van der Waals surface area (Å²) in [4.78, 5) is 16.2. The molecule has 1 unspecified atom stereocenters. The van der Waals surface area contributed by atoms with Crippen molar-refractivity contribution in [3.8, 4) is 0 Å². The van der Waals surface area contributed by atoms with Gasteiger partial charge in [0.05, 0.1) is 12.8 Å². The lowest BCUT2D eigenvalue weighted by Gasteiger charge is -2.10. The second-order valence-electron chi connectivity index (χ2n) is 4.76. The van der Waals surface area contributed by atoms with Crippen LogP contribution in [0, 0.1) is 0 Å². The quantitative estimate of drug-likeness (QED) is 0.726. The first-order valence-electron chi connectivity index (χ1n) is 6.70. The number of halogens is 1. The van der Waals surface area contributed by atoms with E-state index in [4.69, 9.17) is 16.0 Å². The first-order chi connectivity index (χ1) is 10.6. The number of pyridine rings is 1. The van der Waals surface area contributed by atoms with Crippen LogP contribution >= 0.6 is 11.6 Å². The number of hydrogen-bond donors (Lipinski definition) is 2. The first-order valence-corrected chi connectivity index (χ1v) is 7.08. The zero-order valence-electron chi connectivity index (χ0n) is 11.5. The normalized spacial score (nSPS) is 12.3. The predicted octanol–water partition coefficient (Wildman–Crippen LogP) is 2.94. The topological polar surface area (TPSA) is 75.4 Å². The van der Waals surface area contributed by atoms with E-state index in [0.717, 1.165) is 10.8 Å². The van der Waals surface area contributed by atoms with E-state index in [1.807, 2.05) is 24.3 Å². The lowest BCUT2D eigenvalue weighted by Crippen LogP contribution is -2.29. The summed E-state index contributed by atoms with van der Waals surface area (Å²) in [6, 6.07) is 12.4. The molecule has 6 heteroatoms. The van der Waals surface area contributed by atoms with Crippen molar-refractivity contribution in [1.82, 2.24) is 10.3 Å². The van der Waals surface area contributed by atoms with Gasteiger partial charge in [0, 0.05) is 5.39 Å². The minimum Gasteiger partial charge on any atom is -0.467 e. The lowest BCUT2D eigenvalue weighted by atomic mass is 10.1. The van der Waals surface area contributed by atoms with Gasteiger partial charge in [-0.25, -0.2) is 4.98 Å². The Labute approximate surface area is 131 Å². The predicted molar refractivity (Wildman–Crippen MR) is 82.8 cm³/mol. The molecule has 2 aromatic heterocycles. The van der Waals surface area contributed by atoms with Crippen LogP contribution < -0.4 is 5.32 Å².